The van der Waals surface area contributed by atoms with E-state index in [9.17, 15) is 0 Å². The van der Waals surface area contributed by atoms with Crippen molar-refractivity contribution in [3.63, 3.8) is 0 Å². The Morgan fingerprint density at radius 1 is 0.826 bits per heavy atom. The van der Waals surface area contributed by atoms with Gasteiger partial charge in [-0.2, -0.15) is 0 Å². The van der Waals surface area contributed by atoms with E-state index in [2.05, 4.69) is 85.5 Å². The lowest BCUT2D eigenvalue weighted by molar-refractivity contribution is 0.416. The molecule has 0 radical (unpaired) electrons. The van der Waals surface area contributed by atoms with Crippen molar-refractivity contribution in [2.45, 2.75) is 0 Å². The first-order valence-corrected chi connectivity index (χ1v) is 7.96. The van der Waals surface area contributed by atoms with Crippen LogP contribution in [0.2, 0.25) is 0 Å². The largest absolute Gasteiger partial charge is 0.358 e. The highest BCUT2D eigenvalue weighted by atomic mass is 15.2. The van der Waals surface area contributed by atoms with E-state index in [1.165, 1.54) is 10.8 Å². The van der Waals surface area contributed by atoms with Crippen molar-refractivity contribution in [2.24, 2.45) is 0 Å². The van der Waals surface area contributed by atoms with Gasteiger partial charge in [0, 0.05) is 31.1 Å². The fraction of sp³-hybridized carbons (Fsp3) is 0.250. The molecule has 118 valence electrons. The highest BCUT2D eigenvalue weighted by Crippen LogP contribution is 2.29. The number of anilines is 1. The minimum absolute atomic E-state index is 0.947. The summed E-state index contributed by atoms with van der Waals surface area (Å²) < 4.78 is 0. The second-order valence-corrected chi connectivity index (χ2v) is 6.14. The molecule has 3 heteroatoms. The monoisotopic (exact) mass is 305 g/mol. The normalized spacial score (nSPS) is 11.1. The molecule has 0 aliphatic rings. The zero-order valence-corrected chi connectivity index (χ0v) is 14.0. The lowest BCUT2D eigenvalue weighted by Crippen LogP contribution is -2.29. The van der Waals surface area contributed by atoms with Crippen LogP contribution in [0.3, 0.4) is 0 Å². The van der Waals surface area contributed by atoms with Crippen LogP contribution in [0.5, 0.6) is 0 Å². The van der Waals surface area contributed by atoms with Crippen molar-refractivity contribution in [3.8, 4) is 11.3 Å². The van der Waals surface area contributed by atoms with E-state index in [1.807, 2.05) is 6.07 Å². The first-order valence-electron chi connectivity index (χ1n) is 7.96. The number of rotatable bonds is 5. The molecule has 3 rings (SSSR count). The van der Waals surface area contributed by atoms with Gasteiger partial charge in [0.25, 0.3) is 0 Å². The number of fused-ring (bicyclic) bond motifs is 1. The highest BCUT2D eigenvalue weighted by molar-refractivity contribution is 5.94. The van der Waals surface area contributed by atoms with E-state index in [0.717, 1.165) is 30.2 Å². The zero-order chi connectivity index (χ0) is 16.2. The molecule has 0 amide bonds. The van der Waals surface area contributed by atoms with E-state index in [4.69, 9.17) is 4.98 Å². The first kappa shape index (κ1) is 15.5. The Balaban J connectivity index is 2.07. The van der Waals surface area contributed by atoms with Gasteiger partial charge in [-0.1, -0.05) is 54.6 Å². The van der Waals surface area contributed by atoms with Gasteiger partial charge in [-0.15, -0.1) is 0 Å². The average Bonchev–Trinajstić information content (AvgIpc) is 2.59. The molecular formula is C20H23N3. The second-order valence-electron chi connectivity index (χ2n) is 6.14. The molecule has 0 atom stereocenters. The Morgan fingerprint density at radius 3 is 2.26 bits per heavy atom. The zero-order valence-electron chi connectivity index (χ0n) is 14.0. The molecular weight excluding hydrogens is 282 g/mol. The molecule has 0 aliphatic heterocycles. The molecule has 0 saturated heterocycles. The molecule has 1 heterocycles. The van der Waals surface area contributed by atoms with Crippen LogP contribution in [0.15, 0.2) is 60.7 Å². The molecule has 0 N–H and O–H groups in total. The van der Waals surface area contributed by atoms with Crippen molar-refractivity contribution in [2.75, 3.05) is 39.1 Å². The van der Waals surface area contributed by atoms with Gasteiger partial charge in [-0.05, 0) is 25.5 Å². The Morgan fingerprint density at radius 2 is 1.52 bits per heavy atom. The lowest BCUT2D eigenvalue weighted by atomic mass is 10.1. The molecule has 23 heavy (non-hydrogen) atoms. The number of hydrogen-bond acceptors (Lipinski definition) is 3. The third-order valence-corrected chi connectivity index (χ3v) is 4.03. The smallest absolute Gasteiger partial charge is 0.136 e. The van der Waals surface area contributed by atoms with Crippen LogP contribution >= 0.6 is 0 Å². The molecule has 0 fully saturated rings. The van der Waals surface area contributed by atoms with Crippen LogP contribution < -0.4 is 4.90 Å². The maximum absolute atomic E-state index is 4.96. The van der Waals surface area contributed by atoms with Gasteiger partial charge in [0.15, 0.2) is 0 Å². The maximum Gasteiger partial charge on any atom is 0.136 e. The fourth-order valence-electron chi connectivity index (χ4n) is 2.68. The summed E-state index contributed by atoms with van der Waals surface area (Å²) in [4.78, 5) is 9.40. The Kier molecular flexibility index (Phi) is 4.58. The summed E-state index contributed by atoms with van der Waals surface area (Å²) in [6.07, 6.45) is 0. The topological polar surface area (TPSA) is 19.4 Å². The fourth-order valence-corrected chi connectivity index (χ4v) is 2.68. The SMILES string of the molecule is CN(C)CCN(C)c1nc(-c2ccccc2)cc2ccccc12. The minimum Gasteiger partial charge on any atom is -0.358 e. The van der Waals surface area contributed by atoms with Crippen LogP contribution in [0.1, 0.15) is 0 Å². The third kappa shape index (κ3) is 3.51. The summed E-state index contributed by atoms with van der Waals surface area (Å²) in [7, 11) is 6.31. The summed E-state index contributed by atoms with van der Waals surface area (Å²) >= 11 is 0. The second kappa shape index (κ2) is 6.80. The molecule has 1 aromatic heterocycles. The van der Waals surface area contributed by atoms with E-state index >= 15 is 0 Å². The van der Waals surface area contributed by atoms with Gasteiger partial charge in [0.05, 0.1) is 5.69 Å². The van der Waals surface area contributed by atoms with E-state index in [-0.39, 0.29) is 0 Å². The minimum atomic E-state index is 0.947. The molecule has 0 bridgehead atoms. The van der Waals surface area contributed by atoms with Crippen LogP contribution in [0, 0.1) is 0 Å². The standard InChI is InChI=1S/C20H23N3/c1-22(2)13-14-23(3)20-18-12-8-7-11-17(18)15-19(21-20)16-9-5-4-6-10-16/h4-12,15H,13-14H2,1-3H3. The highest BCUT2D eigenvalue weighted by Gasteiger charge is 2.11. The summed E-state index contributed by atoms with van der Waals surface area (Å²) in [5.74, 6) is 1.05. The summed E-state index contributed by atoms with van der Waals surface area (Å²) in [5.41, 5.74) is 2.18. The predicted molar refractivity (Wildman–Crippen MR) is 99.0 cm³/mol. The lowest BCUT2D eigenvalue weighted by Gasteiger charge is -2.23. The summed E-state index contributed by atoms with van der Waals surface area (Å²) in [5, 5.41) is 2.43. The molecule has 0 unspecified atom stereocenters. The number of pyridine rings is 1. The van der Waals surface area contributed by atoms with Crippen LogP contribution in [-0.4, -0.2) is 44.1 Å². The van der Waals surface area contributed by atoms with Crippen molar-refractivity contribution >= 4 is 16.6 Å². The van der Waals surface area contributed by atoms with E-state index in [0.29, 0.717) is 0 Å². The van der Waals surface area contributed by atoms with Crippen molar-refractivity contribution in [3.05, 3.63) is 60.7 Å². The quantitative estimate of drug-likeness (QED) is 0.712. The summed E-state index contributed by atoms with van der Waals surface area (Å²) in [6.45, 7) is 1.95. The molecule has 0 spiro atoms. The molecule has 3 nitrogen and oxygen atoms in total. The number of aromatic nitrogens is 1. The van der Waals surface area contributed by atoms with E-state index < -0.39 is 0 Å². The molecule has 0 aliphatic carbocycles. The Bertz CT molecular complexity index is 781. The van der Waals surface area contributed by atoms with Gasteiger partial charge in [0.1, 0.15) is 5.82 Å². The van der Waals surface area contributed by atoms with Crippen LogP contribution in [0.4, 0.5) is 5.82 Å². The van der Waals surface area contributed by atoms with Crippen LogP contribution in [-0.2, 0) is 0 Å². The predicted octanol–water partition coefficient (Wildman–Crippen LogP) is 3.90. The molecule has 0 saturated carbocycles. The number of likely N-dealkylation sites (N-methyl/N-ethyl adjacent to an activating group) is 2. The van der Waals surface area contributed by atoms with E-state index in [1.54, 1.807) is 0 Å². The van der Waals surface area contributed by atoms with Gasteiger partial charge in [-0.3, -0.25) is 0 Å². The first-order chi connectivity index (χ1) is 11.1. The van der Waals surface area contributed by atoms with Crippen LogP contribution in [0.25, 0.3) is 22.0 Å². The van der Waals surface area contributed by atoms with Gasteiger partial charge < -0.3 is 9.80 Å². The van der Waals surface area contributed by atoms with Gasteiger partial charge >= 0.3 is 0 Å². The summed E-state index contributed by atoms with van der Waals surface area (Å²) in [6, 6.07) is 21.0. The Labute approximate surface area is 138 Å². The average molecular weight is 305 g/mol. The Hall–Kier alpha value is -2.39. The van der Waals surface area contributed by atoms with Gasteiger partial charge in [-0.25, -0.2) is 4.98 Å². The van der Waals surface area contributed by atoms with Crippen molar-refractivity contribution < 1.29 is 0 Å². The third-order valence-electron chi connectivity index (χ3n) is 4.03. The molecule has 2 aromatic carbocycles. The van der Waals surface area contributed by atoms with Crippen molar-refractivity contribution in [1.82, 2.24) is 9.88 Å². The van der Waals surface area contributed by atoms with Gasteiger partial charge in [0.2, 0.25) is 0 Å². The molecule has 3 aromatic rings. The maximum atomic E-state index is 4.96. The number of nitrogens with zero attached hydrogens (tertiary/aromatic N) is 3. The number of hydrogen-bond donors (Lipinski definition) is 0. The van der Waals surface area contributed by atoms with Crippen molar-refractivity contribution in [1.29, 1.82) is 0 Å². The number of benzene rings is 2.